The van der Waals surface area contributed by atoms with Crippen molar-refractivity contribution in [2.45, 2.75) is 24.5 Å². The predicted octanol–water partition coefficient (Wildman–Crippen LogP) is -9.83. The van der Waals surface area contributed by atoms with Gasteiger partial charge in [-0.1, -0.05) is 0 Å². The Hall–Kier alpha value is 0.140. The molecule has 0 bridgehead atoms. The molecule has 0 radical (unpaired) electrons. The first-order valence-corrected chi connectivity index (χ1v) is 8.04. The van der Waals surface area contributed by atoms with E-state index in [1.54, 1.807) is 0 Å². The molecule has 132 valence electrons. The Morgan fingerprint density at radius 3 is 2.65 bits per heavy atom. The number of H-pyrrole nitrogens is 1. The van der Waals surface area contributed by atoms with E-state index >= 15 is 0 Å². The van der Waals surface area contributed by atoms with E-state index in [1.807, 2.05) is 0 Å². The Labute approximate surface area is 189 Å². The molecule has 3 rings (SSSR count). The fraction of sp³-hybridized carbons (Fsp3) is 0.500. The number of nitrogens with one attached hydrogen (secondary N) is 1. The number of ether oxygens (including phenoxy) is 1. The molecule has 16 heteroatoms. The summed E-state index contributed by atoms with van der Waals surface area (Å²) in [5, 5.41) is 20.0. The average Bonchev–Trinajstić information content (AvgIpc) is 3.00. The Bertz CT molecular complexity index is 871. The summed E-state index contributed by atoms with van der Waals surface area (Å²) in [4.78, 5) is 42.7. The van der Waals surface area contributed by atoms with Crippen LogP contribution in [0.1, 0.15) is 6.23 Å². The Morgan fingerprint density at radius 1 is 1.38 bits per heavy atom. The molecule has 0 amide bonds. The molecule has 2 aromatic rings. The van der Waals surface area contributed by atoms with Crippen molar-refractivity contribution >= 4 is 24.9 Å². The molecule has 0 unspecified atom stereocenters. The third kappa shape index (κ3) is 4.94. The summed E-state index contributed by atoms with van der Waals surface area (Å²) in [7, 11) is -5.26. The van der Waals surface area contributed by atoms with E-state index in [0.29, 0.717) is 0 Å². The standard InChI is InChI=1S/C10H14N5O8P.2Na/c11-10-13-7-4(8(18)14-10)12-2-15(7)9-6(17)5(16)3(23-9)1-22-24(19,20)21;;/h2-3,5-6,9,16-17H,1H2,(H2,19,20,21)(H3,11,13,14,18);;/q;2*+1/p-2/t3-,5-,6-,9-;;/m1../s1/i12+1,13+1,14+1,15+1;;. The van der Waals surface area contributed by atoms with Crippen LogP contribution in [0.2, 0.25) is 0 Å². The van der Waals surface area contributed by atoms with E-state index in [4.69, 9.17) is 10.5 Å². The van der Waals surface area contributed by atoms with Gasteiger partial charge in [0, 0.05) is 0 Å². The van der Waals surface area contributed by atoms with Crippen LogP contribution in [0.3, 0.4) is 0 Å². The molecule has 3 heterocycles. The number of fused-ring (bicyclic) bond motifs is 1. The largest absolute Gasteiger partial charge is 1.00 e. The quantitative estimate of drug-likeness (QED) is 0.274. The molecule has 1 fully saturated rings. The SMILES string of the molecule is Nc1[15n]c2c([15n]c[15n]2[C@@H]2O[C@H](COP(=O)([O-])[O-])[C@@H](O)[C@H]2O)c(=O)[15nH]1.[Na+].[Na+]. The van der Waals surface area contributed by atoms with Crippen LogP contribution in [0.15, 0.2) is 11.1 Å². The van der Waals surface area contributed by atoms with Gasteiger partial charge in [-0.15, -0.1) is 0 Å². The molecule has 0 saturated carbocycles. The van der Waals surface area contributed by atoms with Crippen molar-refractivity contribution in [2.75, 3.05) is 12.3 Å². The first-order valence-electron chi connectivity index (χ1n) is 6.58. The molecular weight excluding hydrogens is 399 g/mol. The summed E-state index contributed by atoms with van der Waals surface area (Å²) >= 11 is 0. The van der Waals surface area contributed by atoms with Gasteiger partial charge in [-0.2, -0.15) is 4.98 Å². The number of nitrogens with zero attached hydrogens (tertiary/aromatic N) is 3. The van der Waals surface area contributed by atoms with Crippen molar-refractivity contribution in [3.8, 4) is 0 Å². The molecule has 13 nitrogen and oxygen atoms in total. The van der Waals surface area contributed by atoms with E-state index in [2.05, 4.69) is 19.5 Å². The fourth-order valence-electron chi connectivity index (χ4n) is 2.39. The van der Waals surface area contributed by atoms with E-state index in [-0.39, 0.29) is 76.2 Å². The van der Waals surface area contributed by atoms with Gasteiger partial charge < -0.3 is 39.6 Å². The number of imidazole rings is 1. The van der Waals surface area contributed by atoms with E-state index < -0.39 is 44.5 Å². The zero-order valence-corrected chi connectivity index (χ0v) is 18.7. The van der Waals surface area contributed by atoms with Gasteiger partial charge in [0.05, 0.1) is 20.8 Å². The number of aromatic nitrogens is 4. The van der Waals surface area contributed by atoms with Gasteiger partial charge in [-0.25, -0.2) is 4.98 Å². The first kappa shape index (κ1) is 24.2. The molecule has 0 aromatic carbocycles. The van der Waals surface area contributed by atoms with E-state index in [1.165, 1.54) is 0 Å². The van der Waals surface area contributed by atoms with Gasteiger partial charge in [-0.05, 0) is 0 Å². The zero-order valence-electron chi connectivity index (χ0n) is 13.8. The summed E-state index contributed by atoms with van der Waals surface area (Å²) in [5.74, 6) is -0.194. The summed E-state index contributed by atoms with van der Waals surface area (Å²) in [6.45, 7) is -0.776. The Kier molecular flexibility index (Phi) is 8.46. The maximum absolute atomic E-state index is 11.7. The van der Waals surface area contributed by atoms with Crippen molar-refractivity contribution in [2.24, 2.45) is 0 Å². The maximum atomic E-state index is 11.7. The number of hydrogen-bond donors (Lipinski definition) is 4. The second-order valence-electron chi connectivity index (χ2n) is 5.06. The van der Waals surface area contributed by atoms with Crippen LogP contribution in [0.4, 0.5) is 5.95 Å². The number of aromatic amines is 1. The molecule has 1 saturated heterocycles. The van der Waals surface area contributed by atoms with Crippen LogP contribution in [0.5, 0.6) is 0 Å². The van der Waals surface area contributed by atoms with Gasteiger partial charge >= 0.3 is 59.1 Å². The van der Waals surface area contributed by atoms with Crippen LogP contribution in [0.25, 0.3) is 11.2 Å². The second kappa shape index (κ2) is 9.09. The van der Waals surface area contributed by atoms with Crippen molar-refractivity contribution in [1.82, 2.24) is 19.5 Å². The number of phosphoric ester groups is 1. The van der Waals surface area contributed by atoms with E-state index in [9.17, 15) is 29.4 Å². The normalized spacial score (nSPS) is 25.7. The number of rotatable bonds is 4. The summed E-state index contributed by atoms with van der Waals surface area (Å²) in [5.41, 5.74) is 4.77. The van der Waals surface area contributed by atoms with Crippen molar-refractivity contribution in [3.05, 3.63) is 16.7 Å². The molecule has 4 atom stereocenters. The van der Waals surface area contributed by atoms with Crippen LogP contribution < -0.4 is 80.2 Å². The van der Waals surface area contributed by atoms with E-state index in [0.717, 1.165) is 10.9 Å². The number of hydrogen-bond acceptors (Lipinski definition) is 11. The smallest absolute Gasteiger partial charge is 0.790 e. The summed E-state index contributed by atoms with van der Waals surface area (Å²) < 4.78 is 21.0. The maximum Gasteiger partial charge on any atom is 1.00 e. The molecule has 1 aliphatic heterocycles. The fourth-order valence-corrected chi connectivity index (χ4v) is 2.72. The van der Waals surface area contributed by atoms with Crippen molar-refractivity contribution in [3.63, 3.8) is 0 Å². The van der Waals surface area contributed by atoms with Gasteiger partial charge in [0.1, 0.15) is 18.3 Å². The molecule has 26 heavy (non-hydrogen) atoms. The minimum atomic E-state index is -5.26. The number of anilines is 1. The van der Waals surface area contributed by atoms with Crippen molar-refractivity contribution in [1.29, 1.82) is 0 Å². The first-order chi connectivity index (χ1) is 11.2. The number of nitrogens with two attached hydrogens (primary N) is 1. The topological polar surface area (TPSA) is 212 Å². The summed E-state index contributed by atoms with van der Waals surface area (Å²) in [6.07, 6.45) is -4.46. The monoisotopic (exact) mass is 411 g/mol. The number of phosphoric acid groups is 1. The summed E-state index contributed by atoms with van der Waals surface area (Å²) in [6, 6.07) is 0. The minimum absolute atomic E-state index is 0. The number of nitrogen functional groups attached to an aromatic ring is 1. The van der Waals surface area contributed by atoms with Gasteiger partial charge in [0.2, 0.25) is 5.95 Å². The molecule has 0 spiro atoms. The third-order valence-electron chi connectivity index (χ3n) is 3.46. The molecule has 0 aliphatic carbocycles. The average molecular weight is 411 g/mol. The van der Waals surface area contributed by atoms with Crippen molar-refractivity contribution < 1.29 is 92.9 Å². The van der Waals surface area contributed by atoms with Crippen LogP contribution >= 0.6 is 7.82 Å². The minimum Gasteiger partial charge on any atom is -0.790 e. The molecular formula is C10H12N5Na2O8P. The van der Waals surface area contributed by atoms with Crippen LogP contribution in [-0.4, -0.2) is 54.7 Å². The Morgan fingerprint density at radius 2 is 2.04 bits per heavy atom. The zero-order chi connectivity index (χ0) is 17.6. The van der Waals surface area contributed by atoms with Gasteiger partial charge in [-0.3, -0.25) is 14.3 Å². The van der Waals surface area contributed by atoms with Crippen LogP contribution in [-0.2, 0) is 13.8 Å². The van der Waals surface area contributed by atoms with Gasteiger partial charge in [0.15, 0.2) is 17.4 Å². The molecule has 5 N–H and O–H groups in total. The molecule has 1 aliphatic rings. The van der Waals surface area contributed by atoms with Crippen LogP contribution in [0, 0.1) is 0 Å². The number of aliphatic hydroxyl groups excluding tert-OH is 2. The third-order valence-corrected chi connectivity index (χ3v) is 3.92. The molecule has 2 aromatic heterocycles. The predicted molar refractivity (Wildman–Crippen MR) is 72.0 cm³/mol. The van der Waals surface area contributed by atoms with Gasteiger partial charge in [0.25, 0.3) is 5.56 Å². The second-order valence-corrected chi connectivity index (χ2v) is 6.22. The Balaban J connectivity index is 0.00000169. The number of aliphatic hydroxyl groups is 2.